The Morgan fingerprint density at radius 2 is 2.15 bits per heavy atom. The first-order valence-electron chi connectivity index (χ1n) is 3.65. The van der Waals surface area contributed by atoms with Crippen LogP contribution < -0.4 is 0 Å². The highest BCUT2D eigenvalue weighted by molar-refractivity contribution is 9.11. The van der Waals surface area contributed by atoms with Gasteiger partial charge in [-0.15, -0.1) is 11.3 Å². The third-order valence-corrected chi connectivity index (χ3v) is 5.28. The summed E-state index contributed by atoms with van der Waals surface area (Å²) >= 11 is 14.7. The van der Waals surface area contributed by atoms with Gasteiger partial charge in [0.15, 0.2) is 0 Å². The van der Waals surface area contributed by atoms with Crippen LogP contribution in [0.4, 0.5) is 0 Å². The predicted molar refractivity (Wildman–Crippen MR) is 67.2 cm³/mol. The number of rotatable bonds is 1. The number of halogens is 3. The van der Waals surface area contributed by atoms with E-state index in [-0.39, 0.29) is 0 Å². The fraction of sp³-hybridized carbons (Fsp3) is 0.111. The average molecular weight is 340 g/mol. The number of hydrogen-bond donors (Lipinski definition) is 0. The Hall–Kier alpha value is 0.430. The van der Waals surface area contributed by atoms with Crippen molar-refractivity contribution < 1.29 is 0 Å². The van der Waals surface area contributed by atoms with Crippen molar-refractivity contribution >= 4 is 64.9 Å². The minimum atomic E-state index is 0.784. The number of benzene rings is 1. The molecule has 0 nitrogen and oxygen atoms in total. The SMILES string of the molecule is Clc1ccc2sc(CBr)c(Br)c2c1. The molecule has 0 saturated carbocycles. The van der Waals surface area contributed by atoms with E-state index in [0.29, 0.717) is 0 Å². The molecule has 0 aliphatic rings. The first kappa shape index (κ1) is 9.97. The second kappa shape index (κ2) is 3.89. The monoisotopic (exact) mass is 338 g/mol. The first-order valence-corrected chi connectivity index (χ1v) is 6.75. The number of fused-ring (bicyclic) bond motifs is 1. The Morgan fingerprint density at radius 1 is 1.38 bits per heavy atom. The molecule has 0 spiro atoms. The van der Waals surface area contributed by atoms with Gasteiger partial charge in [0.2, 0.25) is 0 Å². The van der Waals surface area contributed by atoms with Crippen LogP contribution in [0.5, 0.6) is 0 Å². The minimum absolute atomic E-state index is 0.784. The van der Waals surface area contributed by atoms with E-state index < -0.39 is 0 Å². The molecule has 1 heterocycles. The molecule has 4 heteroatoms. The number of alkyl halides is 1. The summed E-state index contributed by atoms with van der Waals surface area (Å²) in [6, 6.07) is 5.97. The summed E-state index contributed by atoms with van der Waals surface area (Å²) in [5, 5.41) is 2.86. The summed E-state index contributed by atoms with van der Waals surface area (Å²) in [5.41, 5.74) is 0. The summed E-state index contributed by atoms with van der Waals surface area (Å²) in [6.45, 7) is 0. The zero-order chi connectivity index (χ0) is 9.42. The maximum atomic E-state index is 5.92. The third kappa shape index (κ3) is 1.80. The van der Waals surface area contributed by atoms with Gasteiger partial charge in [0, 0.05) is 29.8 Å². The highest BCUT2D eigenvalue weighted by atomic mass is 79.9. The molecule has 0 radical (unpaired) electrons. The van der Waals surface area contributed by atoms with Gasteiger partial charge in [-0.25, -0.2) is 0 Å². The van der Waals surface area contributed by atoms with Crippen LogP contribution in [0, 0.1) is 0 Å². The molecule has 0 N–H and O–H groups in total. The molecular formula is C9H5Br2ClS. The molecule has 0 atom stereocenters. The Bertz CT molecular complexity index is 450. The normalized spacial score (nSPS) is 11.0. The molecule has 0 fully saturated rings. The van der Waals surface area contributed by atoms with Crippen molar-refractivity contribution in [2.45, 2.75) is 5.33 Å². The quantitative estimate of drug-likeness (QED) is 0.625. The van der Waals surface area contributed by atoms with Crippen molar-refractivity contribution in [2.24, 2.45) is 0 Å². The molecule has 0 aliphatic heterocycles. The van der Waals surface area contributed by atoms with Gasteiger partial charge in [-0.1, -0.05) is 27.5 Å². The van der Waals surface area contributed by atoms with E-state index in [1.54, 1.807) is 11.3 Å². The number of thiophene rings is 1. The van der Waals surface area contributed by atoms with Crippen LogP contribution in [0.2, 0.25) is 5.02 Å². The maximum Gasteiger partial charge on any atom is 0.0413 e. The second-order valence-corrected chi connectivity index (χ2v) is 5.54. The summed E-state index contributed by atoms with van der Waals surface area (Å²) in [4.78, 5) is 1.30. The zero-order valence-corrected chi connectivity index (χ0v) is 11.2. The van der Waals surface area contributed by atoms with Crippen LogP contribution >= 0.6 is 54.8 Å². The van der Waals surface area contributed by atoms with Crippen molar-refractivity contribution in [1.82, 2.24) is 0 Å². The van der Waals surface area contributed by atoms with Gasteiger partial charge >= 0.3 is 0 Å². The second-order valence-electron chi connectivity index (χ2n) is 2.61. The standard InChI is InChI=1S/C9H5Br2ClS/c10-4-8-9(11)6-3-5(12)1-2-7(6)13-8/h1-3H,4H2. The van der Waals surface area contributed by atoms with Crippen molar-refractivity contribution in [3.05, 3.63) is 32.6 Å². The topological polar surface area (TPSA) is 0 Å². The number of hydrogen-bond acceptors (Lipinski definition) is 1. The van der Waals surface area contributed by atoms with Gasteiger partial charge in [0.05, 0.1) is 0 Å². The molecule has 13 heavy (non-hydrogen) atoms. The molecule has 68 valence electrons. The summed E-state index contributed by atoms with van der Waals surface area (Å²) in [6.07, 6.45) is 0. The molecule has 0 amide bonds. The summed E-state index contributed by atoms with van der Waals surface area (Å²) in [7, 11) is 0. The van der Waals surface area contributed by atoms with Gasteiger partial charge < -0.3 is 0 Å². The summed E-state index contributed by atoms with van der Waals surface area (Å²) < 4.78 is 2.43. The van der Waals surface area contributed by atoms with E-state index >= 15 is 0 Å². The van der Waals surface area contributed by atoms with Gasteiger partial charge in [-0.2, -0.15) is 0 Å². The molecular weight excluding hydrogens is 335 g/mol. The van der Waals surface area contributed by atoms with E-state index in [4.69, 9.17) is 11.6 Å². The van der Waals surface area contributed by atoms with E-state index in [1.165, 1.54) is 15.0 Å². The maximum absolute atomic E-state index is 5.92. The van der Waals surface area contributed by atoms with E-state index in [0.717, 1.165) is 14.8 Å². The predicted octanol–water partition coefficient (Wildman–Crippen LogP) is 5.21. The van der Waals surface area contributed by atoms with Gasteiger partial charge in [-0.05, 0) is 34.1 Å². The highest BCUT2D eigenvalue weighted by Crippen LogP contribution is 2.37. The van der Waals surface area contributed by atoms with Crippen LogP contribution in [0.25, 0.3) is 10.1 Å². The molecule has 0 saturated heterocycles. The molecule has 0 bridgehead atoms. The first-order chi connectivity index (χ1) is 6.22. The lowest BCUT2D eigenvalue weighted by atomic mass is 10.2. The fourth-order valence-electron chi connectivity index (χ4n) is 1.18. The Kier molecular flexibility index (Phi) is 2.98. The largest absolute Gasteiger partial charge is 0.138 e. The molecule has 1 aromatic heterocycles. The lowest BCUT2D eigenvalue weighted by molar-refractivity contribution is 1.56. The van der Waals surface area contributed by atoms with Crippen LogP contribution in [-0.4, -0.2) is 0 Å². The van der Waals surface area contributed by atoms with Crippen LogP contribution in [0.3, 0.4) is 0 Å². The Morgan fingerprint density at radius 3 is 2.85 bits per heavy atom. The summed E-state index contributed by atoms with van der Waals surface area (Å²) in [5.74, 6) is 0. The van der Waals surface area contributed by atoms with E-state index in [9.17, 15) is 0 Å². The van der Waals surface area contributed by atoms with E-state index in [2.05, 4.69) is 37.9 Å². The molecule has 2 aromatic rings. The lowest BCUT2D eigenvalue weighted by Gasteiger charge is -1.91. The van der Waals surface area contributed by atoms with Crippen LogP contribution in [0.15, 0.2) is 22.7 Å². The van der Waals surface area contributed by atoms with Crippen molar-refractivity contribution in [3.63, 3.8) is 0 Å². The van der Waals surface area contributed by atoms with Gasteiger partial charge in [0.25, 0.3) is 0 Å². The van der Waals surface area contributed by atoms with Crippen LogP contribution in [-0.2, 0) is 5.33 Å². The Labute approximate surface area is 102 Å². The van der Waals surface area contributed by atoms with Crippen molar-refractivity contribution in [2.75, 3.05) is 0 Å². The van der Waals surface area contributed by atoms with Crippen LogP contribution in [0.1, 0.15) is 4.88 Å². The van der Waals surface area contributed by atoms with Gasteiger partial charge in [0.1, 0.15) is 0 Å². The minimum Gasteiger partial charge on any atom is -0.138 e. The molecule has 1 aromatic carbocycles. The Balaban J connectivity index is 2.77. The molecule has 0 aliphatic carbocycles. The zero-order valence-electron chi connectivity index (χ0n) is 6.48. The average Bonchev–Trinajstić information content (AvgIpc) is 2.44. The van der Waals surface area contributed by atoms with Gasteiger partial charge in [-0.3, -0.25) is 0 Å². The third-order valence-electron chi connectivity index (χ3n) is 1.78. The van der Waals surface area contributed by atoms with E-state index in [1.807, 2.05) is 12.1 Å². The fourth-order valence-corrected chi connectivity index (χ4v) is 4.12. The lowest BCUT2D eigenvalue weighted by Crippen LogP contribution is -1.68. The molecule has 2 rings (SSSR count). The van der Waals surface area contributed by atoms with Crippen molar-refractivity contribution in [1.29, 1.82) is 0 Å². The smallest absolute Gasteiger partial charge is 0.0413 e. The highest BCUT2D eigenvalue weighted by Gasteiger charge is 2.08. The van der Waals surface area contributed by atoms with Crippen molar-refractivity contribution in [3.8, 4) is 0 Å². The molecule has 0 unspecified atom stereocenters.